The smallest absolute Gasteiger partial charge is 0.174 e. The molecule has 0 unspecified atom stereocenters. The summed E-state index contributed by atoms with van der Waals surface area (Å²) in [5, 5.41) is 17.0. The van der Waals surface area contributed by atoms with Crippen molar-refractivity contribution in [2.75, 3.05) is 0 Å². The number of nitrogens with zero attached hydrogens (tertiary/aromatic N) is 8. The van der Waals surface area contributed by atoms with Crippen molar-refractivity contribution in [3.05, 3.63) is 108 Å². The molecule has 0 bridgehead atoms. The van der Waals surface area contributed by atoms with Crippen molar-refractivity contribution in [3.8, 4) is 23.2 Å². The summed E-state index contributed by atoms with van der Waals surface area (Å²) in [6, 6.07) is 16.2. The number of imidazole rings is 2. The molecule has 0 spiro atoms. The van der Waals surface area contributed by atoms with Crippen molar-refractivity contribution in [1.82, 2.24) is 49.9 Å². The Hall–Kier alpha value is -5.92. The number of aryl methyl sites for hydroxylation is 2. The van der Waals surface area contributed by atoms with Gasteiger partial charge in [0.25, 0.3) is 0 Å². The molecule has 14 heteroatoms. The molecule has 0 amide bonds. The molecule has 0 saturated heterocycles. The number of nitrogens with one attached hydrogen (secondary N) is 2. The van der Waals surface area contributed by atoms with Gasteiger partial charge in [0.15, 0.2) is 23.2 Å². The quantitative estimate of drug-likeness (QED) is 0.202. The SMILES string of the molecule is Fc1ccc2nc(-c3ccc(Cn4cc(CCCc5cn(Cc6ccc(-c7nc8ccc(F)cc8[nH]7)o6)nn5)nn4)o3)[nH]c2c1. The number of fused-ring (bicyclic) bond motifs is 2. The molecule has 2 N–H and O–H groups in total. The lowest BCUT2D eigenvalue weighted by molar-refractivity contribution is 0.483. The van der Waals surface area contributed by atoms with Gasteiger partial charge in [-0.25, -0.2) is 28.1 Å². The third-order valence-corrected chi connectivity index (χ3v) is 7.35. The monoisotopic (exact) mass is 606 g/mol. The summed E-state index contributed by atoms with van der Waals surface area (Å²) in [7, 11) is 0. The standard InChI is InChI=1S/C31H24F2N10O2/c32-18-4-8-24-26(12-18)36-30(34-24)28-10-6-22(44-28)16-42-14-20(38-40-42)2-1-3-21-15-43(41-39-21)17-23-7-11-29(45-23)31-35-25-9-5-19(33)13-27(25)37-31/h4-15H,1-3,16-17H2,(H,34,36)(H,35,37). The number of furan rings is 2. The summed E-state index contributed by atoms with van der Waals surface area (Å²) in [6.07, 6.45) is 6.09. The lowest BCUT2D eigenvalue weighted by atomic mass is 10.2. The highest BCUT2D eigenvalue weighted by molar-refractivity contribution is 5.79. The van der Waals surface area contributed by atoms with Crippen LogP contribution in [0.5, 0.6) is 0 Å². The molecule has 45 heavy (non-hydrogen) atoms. The van der Waals surface area contributed by atoms with Crippen molar-refractivity contribution in [2.45, 2.75) is 32.4 Å². The number of aromatic amines is 2. The van der Waals surface area contributed by atoms with Crippen molar-refractivity contribution in [3.63, 3.8) is 0 Å². The van der Waals surface area contributed by atoms with Crippen LogP contribution in [0.4, 0.5) is 8.78 Å². The van der Waals surface area contributed by atoms with Crippen LogP contribution in [-0.4, -0.2) is 49.9 Å². The molecule has 8 aromatic rings. The number of rotatable bonds is 10. The average molecular weight is 607 g/mol. The first kappa shape index (κ1) is 26.7. The number of hydrogen-bond donors (Lipinski definition) is 2. The summed E-state index contributed by atoms with van der Waals surface area (Å²) in [6.45, 7) is 0.832. The summed E-state index contributed by atoms with van der Waals surface area (Å²) >= 11 is 0. The van der Waals surface area contributed by atoms with E-state index in [1.54, 1.807) is 21.5 Å². The molecule has 0 aliphatic rings. The van der Waals surface area contributed by atoms with E-state index >= 15 is 0 Å². The van der Waals surface area contributed by atoms with Crippen LogP contribution in [0.1, 0.15) is 29.3 Å². The maximum absolute atomic E-state index is 13.5. The molecular weight excluding hydrogens is 582 g/mol. The van der Waals surface area contributed by atoms with Gasteiger partial charge in [-0.2, -0.15) is 0 Å². The summed E-state index contributed by atoms with van der Waals surface area (Å²) in [5.74, 6) is 2.93. The van der Waals surface area contributed by atoms with Crippen molar-refractivity contribution >= 4 is 22.1 Å². The highest BCUT2D eigenvalue weighted by Gasteiger charge is 2.14. The van der Waals surface area contributed by atoms with Gasteiger partial charge in [0.05, 0.1) is 33.5 Å². The molecular formula is C31H24F2N10O2. The minimum atomic E-state index is -0.326. The van der Waals surface area contributed by atoms with Crippen LogP contribution in [0.3, 0.4) is 0 Å². The first-order valence-corrected chi connectivity index (χ1v) is 14.3. The normalized spacial score (nSPS) is 11.8. The Morgan fingerprint density at radius 3 is 1.60 bits per heavy atom. The van der Waals surface area contributed by atoms with Gasteiger partial charge in [-0.05, 0) is 79.9 Å². The predicted molar refractivity (Wildman–Crippen MR) is 158 cm³/mol. The third kappa shape index (κ3) is 5.60. The number of aromatic nitrogens is 10. The topological polar surface area (TPSA) is 145 Å². The fourth-order valence-corrected chi connectivity index (χ4v) is 5.21. The van der Waals surface area contributed by atoms with Gasteiger partial charge in [0.2, 0.25) is 0 Å². The second kappa shape index (κ2) is 11.0. The number of hydrogen-bond acceptors (Lipinski definition) is 8. The maximum Gasteiger partial charge on any atom is 0.174 e. The van der Waals surface area contributed by atoms with Crippen molar-refractivity contribution in [1.29, 1.82) is 0 Å². The van der Waals surface area contributed by atoms with Gasteiger partial charge in [-0.15, -0.1) is 10.2 Å². The van der Waals surface area contributed by atoms with E-state index in [-0.39, 0.29) is 11.6 Å². The van der Waals surface area contributed by atoms with Gasteiger partial charge >= 0.3 is 0 Å². The number of H-pyrrole nitrogens is 2. The van der Waals surface area contributed by atoms with E-state index in [1.165, 1.54) is 24.3 Å². The van der Waals surface area contributed by atoms with Gasteiger partial charge in [0, 0.05) is 12.4 Å². The van der Waals surface area contributed by atoms with Crippen molar-refractivity contribution in [2.24, 2.45) is 0 Å². The molecule has 2 aromatic carbocycles. The first-order valence-electron chi connectivity index (χ1n) is 14.3. The zero-order valence-electron chi connectivity index (χ0n) is 23.6. The van der Waals surface area contributed by atoms with Crippen molar-refractivity contribution < 1.29 is 17.6 Å². The number of benzene rings is 2. The molecule has 0 radical (unpaired) electrons. The van der Waals surface area contributed by atoms with E-state index < -0.39 is 0 Å². The average Bonchev–Trinajstić information content (AvgIpc) is 3.86. The predicted octanol–water partition coefficient (Wildman–Crippen LogP) is 5.69. The second-order valence-corrected chi connectivity index (χ2v) is 10.7. The van der Waals surface area contributed by atoms with Crippen LogP contribution in [0, 0.1) is 11.6 Å². The first-order chi connectivity index (χ1) is 22.0. The van der Waals surface area contributed by atoms with E-state index in [1.807, 2.05) is 36.7 Å². The summed E-state index contributed by atoms with van der Waals surface area (Å²) in [4.78, 5) is 15.1. The van der Waals surface area contributed by atoms with Crippen LogP contribution < -0.4 is 0 Å². The van der Waals surface area contributed by atoms with Gasteiger partial charge in [0.1, 0.15) is 36.2 Å². The van der Waals surface area contributed by atoms with E-state index in [9.17, 15) is 8.78 Å². The lowest BCUT2D eigenvalue weighted by Crippen LogP contribution is -1.99. The van der Waals surface area contributed by atoms with E-state index in [0.717, 1.165) is 30.7 Å². The van der Waals surface area contributed by atoms with Gasteiger partial charge in [-0.3, -0.25) is 0 Å². The Kier molecular flexibility index (Phi) is 6.51. The minimum Gasteiger partial charge on any atom is -0.456 e. The van der Waals surface area contributed by atoms with E-state index in [4.69, 9.17) is 8.83 Å². The third-order valence-electron chi connectivity index (χ3n) is 7.35. The van der Waals surface area contributed by atoms with Crippen LogP contribution in [0.2, 0.25) is 0 Å². The molecule has 0 aliphatic heterocycles. The largest absolute Gasteiger partial charge is 0.456 e. The van der Waals surface area contributed by atoms with Crippen LogP contribution >= 0.6 is 0 Å². The molecule has 0 fully saturated rings. The summed E-state index contributed by atoms with van der Waals surface area (Å²) in [5.41, 5.74) is 4.28. The Bertz CT molecular complexity index is 2110. The van der Waals surface area contributed by atoms with Gasteiger partial charge < -0.3 is 18.8 Å². The fraction of sp³-hybridized carbons (Fsp3) is 0.161. The maximum atomic E-state index is 13.5. The molecule has 224 valence electrons. The van der Waals surface area contributed by atoms with Crippen LogP contribution in [-0.2, 0) is 25.9 Å². The van der Waals surface area contributed by atoms with E-state index in [0.29, 0.717) is 69.8 Å². The van der Waals surface area contributed by atoms with Gasteiger partial charge in [-0.1, -0.05) is 10.4 Å². The zero-order chi connectivity index (χ0) is 30.3. The zero-order valence-corrected chi connectivity index (χ0v) is 23.6. The highest BCUT2D eigenvalue weighted by Crippen LogP contribution is 2.25. The molecule has 12 nitrogen and oxygen atoms in total. The Labute approximate surface area is 252 Å². The van der Waals surface area contributed by atoms with Crippen LogP contribution in [0.15, 0.2) is 81.9 Å². The Morgan fingerprint density at radius 1 is 0.622 bits per heavy atom. The number of halogens is 2. The molecule has 6 aromatic heterocycles. The molecule has 0 saturated carbocycles. The highest BCUT2D eigenvalue weighted by atomic mass is 19.1. The Balaban J connectivity index is 0.835. The summed E-state index contributed by atoms with van der Waals surface area (Å²) < 4.78 is 42.4. The van der Waals surface area contributed by atoms with E-state index in [2.05, 4.69) is 40.6 Å². The molecule has 8 rings (SSSR count). The molecule has 6 heterocycles. The lowest BCUT2D eigenvalue weighted by Gasteiger charge is -1.97. The minimum absolute atomic E-state index is 0.326. The fourth-order valence-electron chi connectivity index (χ4n) is 5.21. The Morgan fingerprint density at radius 2 is 1.11 bits per heavy atom. The second-order valence-electron chi connectivity index (χ2n) is 10.7. The van der Waals surface area contributed by atoms with Crippen LogP contribution in [0.25, 0.3) is 45.2 Å². The molecule has 0 atom stereocenters. The molecule has 0 aliphatic carbocycles.